The standard InChI is InChI=1S/C17H17N5O/c23-17(20-16-5-1-2-7-18-16)14-12-19-22-10-6-13(11-15(14)22)21-8-3-4-9-21/h1-2,5-7,10-12H,3-4,8-9H2,(H,18,20,23). The van der Waals surface area contributed by atoms with E-state index in [1.54, 1.807) is 23.0 Å². The van der Waals surface area contributed by atoms with Crippen molar-refractivity contribution >= 4 is 22.9 Å². The lowest BCUT2D eigenvalue weighted by atomic mass is 10.2. The number of carbonyl (C=O) groups is 1. The third-order valence-electron chi connectivity index (χ3n) is 4.13. The van der Waals surface area contributed by atoms with E-state index in [4.69, 9.17) is 0 Å². The van der Waals surface area contributed by atoms with Gasteiger partial charge in [0.15, 0.2) is 0 Å². The van der Waals surface area contributed by atoms with Crippen LogP contribution in [0.1, 0.15) is 23.2 Å². The second-order valence-electron chi connectivity index (χ2n) is 5.64. The number of rotatable bonds is 3. The van der Waals surface area contributed by atoms with Gasteiger partial charge in [-0.3, -0.25) is 4.79 Å². The number of nitrogens with one attached hydrogen (secondary N) is 1. The van der Waals surface area contributed by atoms with E-state index in [2.05, 4.69) is 20.3 Å². The van der Waals surface area contributed by atoms with E-state index in [-0.39, 0.29) is 5.91 Å². The highest BCUT2D eigenvalue weighted by molar-refractivity contribution is 6.08. The van der Waals surface area contributed by atoms with Crippen LogP contribution in [-0.4, -0.2) is 33.6 Å². The Morgan fingerprint density at radius 2 is 2.04 bits per heavy atom. The van der Waals surface area contributed by atoms with Gasteiger partial charge in [0.2, 0.25) is 0 Å². The first-order valence-corrected chi connectivity index (χ1v) is 7.76. The van der Waals surface area contributed by atoms with Crippen LogP contribution in [0.4, 0.5) is 11.5 Å². The number of hydrogen-bond donors (Lipinski definition) is 1. The van der Waals surface area contributed by atoms with E-state index in [1.165, 1.54) is 12.8 Å². The molecule has 0 bridgehead atoms. The van der Waals surface area contributed by atoms with Crippen molar-refractivity contribution in [3.8, 4) is 0 Å². The fourth-order valence-corrected chi connectivity index (χ4v) is 2.94. The third-order valence-corrected chi connectivity index (χ3v) is 4.13. The van der Waals surface area contributed by atoms with E-state index in [0.717, 1.165) is 24.3 Å². The Morgan fingerprint density at radius 3 is 2.83 bits per heavy atom. The van der Waals surface area contributed by atoms with Crippen molar-refractivity contribution in [3.63, 3.8) is 0 Å². The zero-order valence-corrected chi connectivity index (χ0v) is 12.6. The predicted octanol–water partition coefficient (Wildman–Crippen LogP) is 2.58. The SMILES string of the molecule is O=C(Nc1ccccn1)c1cnn2ccc(N3CCCC3)cc12. The van der Waals surface area contributed by atoms with Crippen molar-refractivity contribution in [2.24, 2.45) is 0 Å². The summed E-state index contributed by atoms with van der Waals surface area (Å²) < 4.78 is 1.73. The summed E-state index contributed by atoms with van der Waals surface area (Å²) in [4.78, 5) is 19.0. The Hall–Kier alpha value is -2.89. The molecule has 0 unspecified atom stereocenters. The van der Waals surface area contributed by atoms with Gasteiger partial charge in [-0.05, 0) is 37.1 Å². The fraction of sp³-hybridized carbons (Fsp3) is 0.235. The maximum Gasteiger partial charge on any atom is 0.260 e. The molecule has 1 N–H and O–H groups in total. The van der Waals surface area contributed by atoms with Gasteiger partial charge in [0.25, 0.3) is 5.91 Å². The molecule has 0 aliphatic carbocycles. The minimum atomic E-state index is -0.197. The van der Waals surface area contributed by atoms with Gasteiger partial charge in [0.05, 0.1) is 17.3 Å². The lowest BCUT2D eigenvalue weighted by Crippen LogP contribution is -2.18. The normalized spacial score (nSPS) is 14.3. The number of fused-ring (bicyclic) bond motifs is 1. The van der Waals surface area contributed by atoms with E-state index in [1.807, 2.05) is 30.5 Å². The van der Waals surface area contributed by atoms with Gasteiger partial charge >= 0.3 is 0 Å². The summed E-state index contributed by atoms with van der Waals surface area (Å²) in [5.74, 6) is 0.338. The van der Waals surface area contributed by atoms with Crippen LogP contribution in [0.5, 0.6) is 0 Å². The second kappa shape index (κ2) is 5.72. The molecule has 1 aliphatic rings. The molecule has 1 aliphatic heterocycles. The monoisotopic (exact) mass is 307 g/mol. The Bertz CT molecular complexity index is 837. The van der Waals surface area contributed by atoms with Gasteiger partial charge in [-0.1, -0.05) is 6.07 Å². The third kappa shape index (κ3) is 2.63. The molecule has 23 heavy (non-hydrogen) atoms. The molecular formula is C17H17N5O. The topological polar surface area (TPSA) is 62.5 Å². The zero-order valence-electron chi connectivity index (χ0n) is 12.6. The maximum absolute atomic E-state index is 12.5. The first-order valence-electron chi connectivity index (χ1n) is 7.76. The molecule has 0 aromatic carbocycles. The summed E-state index contributed by atoms with van der Waals surface area (Å²) in [5, 5.41) is 7.07. The number of carbonyl (C=O) groups excluding carboxylic acids is 1. The number of amides is 1. The average molecular weight is 307 g/mol. The summed E-state index contributed by atoms with van der Waals surface area (Å²) in [7, 11) is 0. The van der Waals surface area contributed by atoms with Gasteiger partial charge in [0.1, 0.15) is 5.82 Å². The summed E-state index contributed by atoms with van der Waals surface area (Å²) in [5.41, 5.74) is 2.50. The molecule has 6 heteroatoms. The Morgan fingerprint density at radius 1 is 1.17 bits per heavy atom. The molecule has 0 atom stereocenters. The molecule has 6 nitrogen and oxygen atoms in total. The van der Waals surface area contributed by atoms with Crippen molar-refractivity contribution in [1.82, 2.24) is 14.6 Å². The largest absolute Gasteiger partial charge is 0.371 e. The number of hydrogen-bond acceptors (Lipinski definition) is 4. The summed E-state index contributed by atoms with van der Waals surface area (Å²) in [6.07, 6.45) is 7.59. The predicted molar refractivity (Wildman–Crippen MR) is 88.8 cm³/mol. The highest BCUT2D eigenvalue weighted by atomic mass is 16.1. The maximum atomic E-state index is 12.5. The van der Waals surface area contributed by atoms with E-state index in [9.17, 15) is 4.79 Å². The molecule has 3 aromatic rings. The Balaban J connectivity index is 1.66. The highest BCUT2D eigenvalue weighted by Gasteiger charge is 2.17. The summed E-state index contributed by atoms with van der Waals surface area (Å²) in [6, 6.07) is 9.49. The van der Waals surface area contributed by atoms with Crippen LogP contribution in [0, 0.1) is 0 Å². The molecular weight excluding hydrogens is 290 g/mol. The number of anilines is 2. The Labute approximate surface area is 133 Å². The molecule has 0 radical (unpaired) electrons. The highest BCUT2D eigenvalue weighted by Crippen LogP contribution is 2.23. The minimum Gasteiger partial charge on any atom is -0.371 e. The van der Waals surface area contributed by atoms with Crippen LogP contribution in [0.2, 0.25) is 0 Å². The number of nitrogens with zero attached hydrogens (tertiary/aromatic N) is 4. The van der Waals surface area contributed by atoms with Gasteiger partial charge in [-0.2, -0.15) is 5.10 Å². The van der Waals surface area contributed by atoms with Gasteiger partial charge in [-0.25, -0.2) is 9.50 Å². The average Bonchev–Trinajstić information content (AvgIpc) is 3.25. The first-order chi connectivity index (χ1) is 11.3. The Kier molecular flexibility index (Phi) is 3.42. The molecule has 116 valence electrons. The van der Waals surface area contributed by atoms with Crippen LogP contribution in [0.3, 0.4) is 0 Å². The molecule has 0 saturated carbocycles. The smallest absolute Gasteiger partial charge is 0.260 e. The molecule has 4 rings (SSSR count). The van der Waals surface area contributed by atoms with Crippen LogP contribution in [0.15, 0.2) is 48.9 Å². The van der Waals surface area contributed by atoms with Crippen molar-refractivity contribution in [1.29, 1.82) is 0 Å². The molecule has 1 saturated heterocycles. The molecule has 3 aromatic heterocycles. The van der Waals surface area contributed by atoms with Crippen molar-refractivity contribution < 1.29 is 4.79 Å². The van der Waals surface area contributed by atoms with E-state index < -0.39 is 0 Å². The number of aromatic nitrogens is 3. The molecule has 1 fully saturated rings. The van der Waals surface area contributed by atoms with Crippen LogP contribution >= 0.6 is 0 Å². The van der Waals surface area contributed by atoms with Crippen molar-refractivity contribution in [3.05, 3.63) is 54.5 Å². The second-order valence-corrected chi connectivity index (χ2v) is 5.64. The quantitative estimate of drug-likeness (QED) is 0.808. The minimum absolute atomic E-state index is 0.197. The summed E-state index contributed by atoms with van der Waals surface area (Å²) >= 11 is 0. The zero-order chi connectivity index (χ0) is 15.6. The van der Waals surface area contributed by atoms with Crippen LogP contribution < -0.4 is 10.2 Å². The molecule has 4 heterocycles. The first kappa shape index (κ1) is 13.8. The van der Waals surface area contributed by atoms with Crippen molar-refractivity contribution in [2.45, 2.75) is 12.8 Å². The fourth-order valence-electron chi connectivity index (χ4n) is 2.94. The van der Waals surface area contributed by atoms with Gasteiger partial charge in [0, 0.05) is 31.2 Å². The van der Waals surface area contributed by atoms with Crippen LogP contribution in [0.25, 0.3) is 5.52 Å². The lowest BCUT2D eigenvalue weighted by Gasteiger charge is -2.17. The number of pyridine rings is 2. The lowest BCUT2D eigenvalue weighted by molar-refractivity contribution is 0.102. The van der Waals surface area contributed by atoms with E-state index in [0.29, 0.717) is 11.4 Å². The molecule has 0 spiro atoms. The van der Waals surface area contributed by atoms with Gasteiger partial charge in [-0.15, -0.1) is 0 Å². The molecule has 1 amide bonds. The van der Waals surface area contributed by atoms with Crippen molar-refractivity contribution in [2.75, 3.05) is 23.3 Å². The van der Waals surface area contributed by atoms with Gasteiger partial charge < -0.3 is 10.2 Å². The van der Waals surface area contributed by atoms with E-state index >= 15 is 0 Å². The summed E-state index contributed by atoms with van der Waals surface area (Å²) in [6.45, 7) is 2.14. The van der Waals surface area contributed by atoms with Crippen LogP contribution in [-0.2, 0) is 0 Å².